The number of hydrogen-bond acceptors (Lipinski definition) is 3. The van der Waals surface area contributed by atoms with Crippen LogP contribution in [0.2, 0.25) is 0 Å². The molecule has 1 rings (SSSR count). The maximum Gasteiger partial charge on any atom is 0.277 e. The van der Waals surface area contributed by atoms with E-state index in [1.54, 1.807) is 0 Å². The molecule has 4 nitrogen and oxygen atoms in total. The minimum Gasteiger partial charge on any atom is -0.618 e. The van der Waals surface area contributed by atoms with Gasteiger partial charge in [0.15, 0.2) is 0 Å². The molecule has 0 bridgehead atoms. The van der Waals surface area contributed by atoms with E-state index in [1.165, 1.54) is 12.4 Å². The standard InChI is InChI=1S/C5H5BrN2O2/c6-5-1-7-4(3-9)2-8(5)10/h1-2,9H,3H2. The van der Waals surface area contributed by atoms with E-state index >= 15 is 0 Å². The lowest BCUT2D eigenvalue weighted by Gasteiger charge is -1.98. The summed E-state index contributed by atoms with van der Waals surface area (Å²) in [6.45, 7) is -0.213. The lowest BCUT2D eigenvalue weighted by atomic mass is 10.5. The Hall–Kier alpha value is -0.680. The summed E-state index contributed by atoms with van der Waals surface area (Å²) >= 11 is 2.96. The van der Waals surface area contributed by atoms with Gasteiger partial charge < -0.3 is 10.3 Å². The minimum absolute atomic E-state index is 0.213. The average Bonchev–Trinajstić information content (AvgIpc) is 1.95. The molecule has 0 radical (unpaired) electrons. The van der Waals surface area contributed by atoms with Crippen molar-refractivity contribution in [3.05, 3.63) is 27.9 Å². The van der Waals surface area contributed by atoms with Gasteiger partial charge in [-0.1, -0.05) is 0 Å². The van der Waals surface area contributed by atoms with Crippen LogP contribution in [0.5, 0.6) is 0 Å². The zero-order valence-electron chi connectivity index (χ0n) is 4.99. The van der Waals surface area contributed by atoms with E-state index in [-0.39, 0.29) is 6.61 Å². The van der Waals surface area contributed by atoms with Gasteiger partial charge in [-0.05, 0) is 0 Å². The Balaban J connectivity index is 3.04. The summed E-state index contributed by atoms with van der Waals surface area (Å²) in [5, 5.41) is 19.2. The van der Waals surface area contributed by atoms with E-state index in [2.05, 4.69) is 20.9 Å². The topological polar surface area (TPSA) is 60.1 Å². The molecule has 0 amide bonds. The second kappa shape index (κ2) is 2.94. The van der Waals surface area contributed by atoms with Gasteiger partial charge in [0.2, 0.25) is 6.20 Å². The molecule has 0 spiro atoms. The summed E-state index contributed by atoms with van der Waals surface area (Å²) in [6.07, 6.45) is 2.56. The first-order valence-corrected chi connectivity index (χ1v) is 3.38. The molecule has 0 atom stereocenters. The highest BCUT2D eigenvalue weighted by molar-refractivity contribution is 9.10. The Morgan fingerprint density at radius 2 is 2.50 bits per heavy atom. The molecule has 5 heteroatoms. The highest BCUT2D eigenvalue weighted by Gasteiger charge is 2.01. The average molecular weight is 205 g/mol. The van der Waals surface area contributed by atoms with E-state index in [0.29, 0.717) is 15.0 Å². The minimum atomic E-state index is -0.213. The van der Waals surface area contributed by atoms with Crippen LogP contribution < -0.4 is 4.73 Å². The van der Waals surface area contributed by atoms with E-state index in [4.69, 9.17) is 5.11 Å². The quantitative estimate of drug-likeness (QED) is 0.517. The van der Waals surface area contributed by atoms with Gasteiger partial charge >= 0.3 is 0 Å². The van der Waals surface area contributed by atoms with Crippen molar-refractivity contribution in [2.24, 2.45) is 0 Å². The Bertz CT molecular complexity index is 241. The molecule has 0 aliphatic rings. The fourth-order valence-electron chi connectivity index (χ4n) is 0.505. The van der Waals surface area contributed by atoms with Crippen molar-refractivity contribution in [3.63, 3.8) is 0 Å². The number of hydrogen-bond donors (Lipinski definition) is 1. The maximum absolute atomic E-state index is 10.7. The Kier molecular flexibility index (Phi) is 2.18. The number of nitrogens with zero attached hydrogens (tertiary/aromatic N) is 2. The van der Waals surface area contributed by atoms with Gasteiger partial charge in [-0.25, -0.2) is 4.98 Å². The molecule has 0 saturated heterocycles. The van der Waals surface area contributed by atoms with Gasteiger partial charge in [0.25, 0.3) is 4.60 Å². The second-order valence-electron chi connectivity index (χ2n) is 1.69. The van der Waals surface area contributed by atoms with Crippen molar-refractivity contribution in [1.82, 2.24) is 4.98 Å². The normalized spacial score (nSPS) is 9.80. The van der Waals surface area contributed by atoms with E-state index < -0.39 is 0 Å². The summed E-state index contributed by atoms with van der Waals surface area (Å²) in [5.41, 5.74) is 0.359. The smallest absolute Gasteiger partial charge is 0.277 e. The van der Waals surface area contributed by atoms with E-state index in [9.17, 15) is 5.21 Å². The Morgan fingerprint density at radius 1 is 1.80 bits per heavy atom. The van der Waals surface area contributed by atoms with Crippen LogP contribution in [0.1, 0.15) is 5.69 Å². The van der Waals surface area contributed by atoms with Crippen molar-refractivity contribution in [2.75, 3.05) is 0 Å². The molecule has 1 aromatic heterocycles. The lowest BCUT2D eigenvalue weighted by molar-refractivity contribution is -0.618. The zero-order valence-corrected chi connectivity index (χ0v) is 6.58. The summed E-state index contributed by atoms with van der Waals surface area (Å²) in [4.78, 5) is 3.74. The van der Waals surface area contributed by atoms with Gasteiger partial charge in [0.1, 0.15) is 11.9 Å². The van der Waals surface area contributed by atoms with Gasteiger partial charge in [0, 0.05) is 15.9 Å². The van der Waals surface area contributed by atoms with Crippen LogP contribution in [0, 0.1) is 5.21 Å². The summed E-state index contributed by atoms with van der Waals surface area (Å²) in [6, 6.07) is 0. The van der Waals surface area contributed by atoms with Crippen molar-refractivity contribution < 1.29 is 9.84 Å². The first-order valence-electron chi connectivity index (χ1n) is 2.58. The van der Waals surface area contributed by atoms with Crippen LogP contribution >= 0.6 is 15.9 Å². The number of rotatable bonds is 1. The van der Waals surface area contributed by atoms with E-state index in [1.807, 2.05) is 0 Å². The molecule has 0 aliphatic carbocycles. The van der Waals surface area contributed by atoms with Crippen LogP contribution in [-0.2, 0) is 6.61 Å². The molecule has 1 N–H and O–H groups in total. The summed E-state index contributed by atoms with van der Waals surface area (Å²) < 4.78 is 0.933. The highest BCUT2D eigenvalue weighted by Crippen LogP contribution is 1.99. The largest absolute Gasteiger partial charge is 0.618 e. The molecule has 0 fully saturated rings. The van der Waals surface area contributed by atoms with Crippen LogP contribution in [0.3, 0.4) is 0 Å². The van der Waals surface area contributed by atoms with Crippen LogP contribution in [0.15, 0.2) is 17.0 Å². The first kappa shape index (κ1) is 7.43. The monoisotopic (exact) mass is 204 g/mol. The highest BCUT2D eigenvalue weighted by atomic mass is 79.9. The SMILES string of the molecule is [O-][n+]1cc(CO)ncc1Br. The number of aliphatic hydroxyl groups excluding tert-OH is 1. The second-order valence-corrected chi connectivity index (χ2v) is 2.50. The fourth-order valence-corrected chi connectivity index (χ4v) is 0.710. The number of aromatic nitrogens is 2. The van der Waals surface area contributed by atoms with E-state index in [0.717, 1.165) is 0 Å². The molecular formula is C5H5BrN2O2. The predicted octanol–water partition coefficient (Wildman–Crippen LogP) is -0.0302. The summed E-state index contributed by atoms with van der Waals surface area (Å²) in [5.74, 6) is 0. The molecule has 10 heavy (non-hydrogen) atoms. The number of halogens is 1. The van der Waals surface area contributed by atoms with Gasteiger partial charge in [-0.3, -0.25) is 0 Å². The lowest BCUT2D eigenvalue weighted by Crippen LogP contribution is -2.28. The Labute approximate surface area is 65.9 Å². The molecule has 1 heterocycles. The molecule has 0 aromatic carbocycles. The third-order valence-corrected chi connectivity index (χ3v) is 1.53. The molecule has 54 valence electrons. The van der Waals surface area contributed by atoms with Gasteiger partial charge in [-0.2, -0.15) is 4.73 Å². The molecular weight excluding hydrogens is 200 g/mol. The zero-order chi connectivity index (χ0) is 7.56. The Morgan fingerprint density at radius 3 is 3.00 bits per heavy atom. The van der Waals surface area contributed by atoms with Gasteiger partial charge in [0.05, 0.1) is 6.61 Å². The predicted molar refractivity (Wildman–Crippen MR) is 36.8 cm³/mol. The molecule has 0 saturated carbocycles. The molecule has 0 aliphatic heterocycles. The van der Waals surface area contributed by atoms with Crippen LogP contribution in [0.4, 0.5) is 0 Å². The third kappa shape index (κ3) is 1.43. The van der Waals surface area contributed by atoms with Crippen molar-refractivity contribution in [3.8, 4) is 0 Å². The number of aliphatic hydroxyl groups is 1. The third-order valence-electron chi connectivity index (χ3n) is 0.976. The van der Waals surface area contributed by atoms with Crippen molar-refractivity contribution in [1.29, 1.82) is 0 Å². The molecule has 1 aromatic rings. The van der Waals surface area contributed by atoms with Crippen molar-refractivity contribution >= 4 is 15.9 Å². The maximum atomic E-state index is 10.7. The summed E-state index contributed by atoms with van der Waals surface area (Å²) in [7, 11) is 0. The van der Waals surface area contributed by atoms with Crippen molar-refractivity contribution in [2.45, 2.75) is 6.61 Å². The van der Waals surface area contributed by atoms with Crippen LogP contribution in [0.25, 0.3) is 0 Å². The first-order chi connectivity index (χ1) is 4.74. The van der Waals surface area contributed by atoms with Gasteiger partial charge in [-0.15, -0.1) is 0 Å². The molecule has 0 unspecified atom stereocenters. The fraction of sp³-hybridized carbons (Fsp3) is 0.200. The van der Waals surface area contributed by atoms with Crippen LogP contribution in [-0.4, -0.2) is 10.1 Å².